The number of nitrogens with one attached hydrogen (secondary N) is 1. The summed E-state index contributed by atoms with van der Waals surface area (Å²) in [7, 11) is 0. The standard InChI is InChI=1S/C16H22N4OS/c1-10-4-11(2)8-20(7-10)14(21)6-17-15-13-5-12(3)22-16(13)19-9-18-15/h5,9-11H,4,6-8H2,1-3H3,(H,17,18,19). The number of thiophene rings is 1. The van der Waals surface area contributed by atoms with Gasteiger partial charge in [0.1, 0.15) is 17.0 Å². The summed E-state index contributed by atoms with van der Waals surface area (Å²) in [5.74, 6) is 2.06. The summed E-state index contributed by atoms with van der Waals surface area (Å²) in [6, 6.07) is 2.07. The lowest BCUT2D eigenvalue weighted by molar-refractivity contribution is -0.131. The first-order valence-electron chi connectivity index (χ1n) is 7.75. The SMILES string of the molecule is Cc1cc2c(NCC(=O)N3CC(C)CC(C)C3)ncnc2s1. The number of aryl methyl sites for hydroxylation is 1. The third kappa shape index (κ3) is 3.21. The molecule has 2 aromatic rings. The number of carbonyl (C=O) groups excluding carboxylic acids is 1. The highest BCUT2D eigenvalue weighted by molar-refractivity contribution is 7.18. The molecule has 1 aliphatic heterocycles. The van der Waals surface area contributed by atoms with E-state index in [9.17, 15) is 4.79 Å². The van der Waals surface area contributed by atoms with Crippen LogP contribution in [0.2, 0.25) is 0 Å². The van der Waals surface area contributed by atoms with Crippen LogP contribution in [0.5, 0.6) is 0 Å². The zero-order valence-electron chi connectivity index (χ0n) is 13.3. The molecule has 1 fully saturated rings. The van der Waals surface area contributed by atoms with Gasteiger partial charge >= 0.3 is 0 Å². The molecule has 0 saturated carbocycles. The molecule has 0 aliphatic carbocycles. The van der Waals surface area contributed by atoms with Crippen LogP contribution in [0.25, 0.3) is 10.2 Å². The lowest BCUT2D eigenvalue weighted by atomic mass is 9.92. The highest BCUT2D eigenvalue weighted by Gasteiger charge is 2.25. The molecule has 0 bridgehead atoms. The first-order chi connectivity index (χ1) is 10.5. The minimum Gasteiger partial charge on any atom is -0.360 e. The Balaban J connectivity index is 1.67. The van der Waals surface area contributed by atoms with Gasteiger partial charge in [-0.1, -0.05) is 13.8 Å². The lowest BCUT2D eigenvalue weighted by Crippen LogP contribution is -2.44. The van der Waals surface area contributed by atoms with Crippen LogP contribution in [0.4, 0.5) is 5.82 Å². The highest BCUT2D eigenvalue weighted by Crippen LogP contribution is 2.27. The zero-order valence-corrected chi connectivity index (χ0v) is 14.1. The van der Waals surface area contributed by atoms with E-state index in [-0.39, 0.29) is 5.91 Å². The second-order valence-electron chi connectivity index (χ2n) is 6.40. The van der Waals surface area contributed by atoms with Crippen LogP contribution in [0.3, 0.4) is 0 Å². The Morgan fingerprint density at radius 2 is 2.09 bits per heavy atom. The molecule has 1 saturated heterocycles. The highest BCUT2D eigenvalue weighted by atomic mass is 32.1. The fourth-order valence-electron chi connectivity index (χ4n) is 3.25. The van der Waals surface area contributed by atoms with Gasteiger partial charge in [-0.25, -0.2) is 9.97 Å². The van der Waals surface area contributed by atoms with Crippen LogP contribution in [0.15, 0.2) is 12.4 Å². The van der Waals surface area contributed by atoms with Crippen molar-refractivity contribution >= 4 is 33.3 Å². The summed E-state index contributed by atoms with van der Waals surface area (Å²) >= 11 is 1.64. The number of aromatic nitrogens is 2. The number of carbonyl (C=O) groups is 1. The van der Waals surface area contributed by atoms with Crippen LogP contribution < -0.4 is 5.32 Å². The number of hydrogen-bond acceptors (Lipinski definition) is 5. The van der Waals surface area contributed by atoms with Crippen molar-refractivity contribution in [2.45, 2.75) is 27.2 Å². The fourth-order valence-corrected chi connectivity index (χ4v) is 4.10. The summed E-state index contributed by atoms with van der Waals surface area (Å²) in [6.45, 7) is 8.50. The molecular weight excluding hydrogens is 296 g/mol. The molecule has 1 N–H and O–H groups in total. The van der Waals surface area contributed by atoms with Crippen molar-refractivity contribution in [3.05, 3.63) is 17.3 Å². The molecule has 6 heteroatoms. The number of amides is 1. The van der Waals surface area contributed by atoms with E-state index >= 15 is 0 Å². The van der Waals surface area contributed by atoms with Gasteiger partial charge in [0.05, 0.1) is 11.9 Å². The van der Waals surface area contributed by atoms with Crippen molar-refractivity contribution in [3.63, 3.8) is 0 Å². The third-order valence-corrected chi connectivity index (χ3v) is 5.04. The van der Waals surface area contributed by atoms with Crippen LogP contribution in [0.1, 0.15) is 25.1 Å². The van der Waals surface area contributed by atoms with Crippen LogP contribution in [-0.4, -0.2) is 40.4 Å². The van der Waals surface area contributed by atoms with E-state index in [0.717, 1.165) is 29.1 Å². The van der Waals surface area contributed by atoms with E-state index in [2.05, 4.69) is 42.1 Å². The van der Waals surface area contributed by atoms with E-state index in [1.165, 1.54) is 11.3 Å². The molecule has 3 heterocycles. The van der Waals surface area contributed by atoms with Crippen molar-refractivity contribution in [1.29, 1.82) is 0 Å². The molecule has 2 unspecified atom stereocenters. The van der Waals surface area contributed by atoms with Crippen LogP contribution in [0, 0.1) is 18.8 Å². The molecule has 3 rings (SSSR count). The molecule has 1 aliphatic rings. The van der Waals surface area contributed by atoms with Gasteiger partial charge < -0.3 is 10.2 Å². The molecule has 0 spiro atoms. The first-order valence-corrected chi connectivity index (χ1v) is 8.57. The molecule has 22 heavy (non-hydrogen) atoms. The summed E-state index contributed by atoms with van der Waals surface area (Å²) in [5, 5.41) is 4.19. The summed E-state index contributed by atoms with van der Waals surface area (Å²) in [5.41, 5.74) is 0. The van der Waals surface area contributed by atoms with Gasteiger partial charge in [-0.3, -0.25) is 4.79 Å². The molecule has 2 aromatic heterocycles. The number of hydrogen-bond donors (Lipinski definition) is 1. The van der Waals surface area contributed by atoms with Crippen molar-refractivity contribution in [3.8, 4) is 0 Å². The first kappa shape index (κ1) is 15.2. The van der Waals surface area contributed by atoms with Gasteiger partial charge in [-0.05, 0) is 31.2 Å². The Hall–Kier alpha value is -1.69. The molecule has 2 atom stereocenters. The second-order valence-corrected chi connectivity index (χ2v) is 7.63. The molecular formula is C16H22N4OS. The summed E-state index contributed by atoms with van der Waals surface area (Å²) in [6.07, 6.45) is 2.76. The van der Waals surface area contributed by atoms with E-state index in [1.54, 1.807) is 17.7 Å². The minimum atomic E-state index is 0.150. The number of anilines is 1. The Morgan fingerprint density at radius 1 is 1.36 bits per heavy atom. The Kier molecular flexibility index (Phi) is 4.29. The molecule has 118 valence electrons. The number of nitrogens with zero attached hydrogens (tertiary/aromatic N) is 3. The smallest absolute Gasteiger partial charge is 0.241 e. The van der Waals surface area contributed by atoms with Gasteiger partial charge in [-0.2, -0.15) is 0 Å². The average molecular weight is 318 g/mol. The number of rotatable bonds is 3. The maximum absolute atomic E-state index is 12.4. The van der Waals surface area contributed by atoms with E-state index < -0.39 is 0 Å². The average Bonchev–Trinajstić information content (AvgIpc) is 2.84. The van der Waals surface area contributed by atoms with Crippen LogP contribution >= 0.6 is 11.3 Å². The molecule has 1 amide bonds. The van der Waals surface area contributed by atoms with Crippen molar-refractivity contribution < 1.29 is 4.79 Å². The molecule has 0 radical (unpaired) electrons. The van der Waals surface area contributed by atoms with Crippen molar-refractivity contribution in [1.82, 2.24) is 14.9 Å². The van der Waals surface area contributed by atoms with Gasteiger partial charge in [0.15, 0.2) is 0 Å². The van der Waals surface area contributed by atoms with Gasteiger partial charge in [-0.15, -0.1) is 11.3 Å². The normalized spacial score (nSPS) is 22.0. The predicted molar refractivity (Wildman–Crippen MR) is 90.2 cm³/mol. The van der Waals surface area contributed by atoms with Crippen LogP contribution in [-0.2, 0) is 4.79 Å². The van der Waals surface area contributed by atoms with E-state index in [1.807, 2.05) is 4.90 Å². The number of fused-ring (bicyclic) bond motifs is 1. The van der Waals surface area contributed by atoms with E-state index in [0.29, 0.717) is 18.4 Å². The zero-order chi connectivity index (χ0) is 15.7. The van der Waals surface area contributed by atoms with Crippen molar-refractivity contribution in [2.75, 3.05) is 25.0 Å². The number of likely N-dealkylation sites (tertiary alicyclic amines) is 1. The quantitative estimate of drug-likeness (QED) is 0.945. The van der Waals surface area contributed by atoms with E-state index in [4.69, 9.17) is 0 Å². The van der Waals surface area contributed by atoms with Crippen molar-refractivity contribution in [2.24, 2.45) is 11.8 Å². The summed E-state index contributed by atoms with van der Waals surface area (Å²) in [4.78, 5) is 25.1. The maximum atomic E-state index is 12.4. The number of piperidine rings is 1. The molecule has 0 aromatic carbocycles. The van der Waals surface area contributed by atoms with Gasteiger partial charge in [0.25, 0.3) is 0 Å². The van der Waals surface area contributed by atoms with Gasteiger partial charge in [0.2, 0.25) is 5.91 Å². The largest absolute Gasteiger partial charge is 0.360 e. The molecule has 5 nitrogen and oxygen atoms in total. The lowest BCUT2D eigenvalue weighted by Gasteiger charge is -2.35. The maximum Gasteiger partial charge on any atom is 0.241 e. The third-order valence-electron chi connectivity index (χ3n) is 4.08. The monoisotopic (exact) mass is 318 g/mol. The fraction of sp³-hybridized carbons (Fsp3) is 0.562. The summed E-state index contributed by atoms with van der Waals surface area (Å²) < 4.78 is 0. The predicted octanol–water partition coefficient (Wildman–Crippen LogP) is 2.92. The second kappa shape index (κ2) is 6.20. The minimum absolute atomic E-state index is 0.150. The topological polar surface area (TPSA) is 58.1 Å². The van der Waals surface area contributed by atoms with Gasteiger partial charge in [0, 0.05) is 18.0 Å². The Labute approximate surface area is 134 Å². The Bertz CT molecular complexity index is 674. The Morgan fingerprint density at radius 3 is 2.82 bits per heavy atom.